The highest BCUT2D eigenvalue weighted by atomic mass is 32.2. The maximum absolute atomic E-state index is 13.1. The Morgan fingerprint density at radius 1 is 1.03 bits per heavy atom. The van der Waals surface area contributed by atoms with Crippen molar-refractivity contribution in [3.05, 3.63) is 59.2 Å². The van der Waals surface area contributed by atoms with E-state index in [4.69, 9.17) is 4.18 Å². The second kappa shape index (κ2) is 9.51. The molecule has 0 aromatic heterocycles. The summed E-state index contributed by atoms with van der Waals surface area (Å²) >= 11 is 0. The minimum Gasteiger partial charge on any atom is -0.322 e. The summed E-state index contributed by atoms with van der Waals surface area (Å²) in [7, 11) is -7.89. The van der Waals surface area contributed by atoms with Crippen molar-refractivity contribution >= 4 is 37.7 Å². The number of piperidine rings is 1. The number of amides is 3. The largest absolute Gasteiger partial charge is 0.322 e. The molecule has 0 spiro atoms. The normalized spacial score (nSPS) is 18.5. The molecule has 1 unspecified atom stereocenters. The zero-order chi connectivity index (χ0) is 25.4. The van der Waals surface area contributed by atoms with E-state index in [2.05, 4.69) is 5.32 Å². The van der Waals surface area contributed by atoms with E-state index in [9.17, 15) is 31.2 Å². The van der Waals surface area contributed by atoms with E-state index in [1.165, 1.54) is 35.2 Å². The predicted molar refractivity (Wildman–Crippen MR) is 123 cm³/mol. The summed E-state index contributed by atoms with van der Waals surface area (Å²) in [6.07, 6.45) is 0.175. The first kappa shape index (κ1) is 25.0. The van der Waals surface area contributed by atoms with Crippen LogP contribution in [0, 0.1) is 6.92 Å². The lowest BCUT2D eigenvalue weighted by molar-refractivity contribution is -0.136. The van der Waals surface area contributed by atoms with Gasteiger partial charge in [-0.1, -0.05) is 23.8 Å². The van der Waals surface area contributed by atoms with Crippen molar-refractivity contribution in [3.8, 4) is 0 Å². The molecule has 35 heavy (non-hydrogen) atoms. The van der Waals surface area contributed by atoms with Crippen LogP contribution in [-0.4, -0.2) is 57.9 Å². The second-order valence-electron chi connectivity index (χ2n) is 8.44. The van der Waals surface area contributed by atoms with Crippen LogP contribution in [0.2, 0.25) is 0 Å². The average molecular weight is 521 g/mol. The van der Waals surface area contributed by atoms with Crippen LogP contribution in [0.1, 0.15) is 40.7 Å². The standard InChI is InChI=1S/C23H24N2O8S2/c1-15-6-8-16(9-7-15)35(31,32)33-12-3-13-34(29,30)20-5-2-4-17-18(20)14-25(23(17)28)19-10-11-21(26)24-22(19)27/h2,4-9,19H,3,10-14H2,1H3,(H,24,26,27). The van der Waals surface area contributed by atoms with Crippen LogP contribution in [-0.2, 0) is 40.3 Å². The molecule has 186 valence electrons. The molecule has 2 aliphatic rings. The predicted octanol–water partition coefficient (Wildman–Crippen LogP) is 1.33. The third-order valence-corrected chi connectivity index (χ3v) is 9.18. The van der Waals surface area contributed by atoms with E-state index in [1.54, 1.807) is 12.1 Å². The minimum absolute atomic E-state index is 0.0149. The van der Waals surface area contributed by atoms with Gasteiger partial charge in [-0.3, -0.25) is 23.9 Å². The summed E-state index contributed by atoms with van der Waals surface area (Å²) in [5.74, 6) is -1.86. The molecule has 0 saturated carbocycles. The number of hydrogen-bond donors (Lipinski definition) is 1. The van der Waals surface area contributed by atoms with Crippen molar-refractivity contribution in [3.63, 3.8) is 0 Å². The first-order chi connectivity index (χ1) is 16.5. The lowest BCUT2D eigenvalue weighted by Gasteiger charge is -2.29. The molecule has 2 aliphatic heterocycles. The number of imide groups is 1. The Morgan fingerprint density at radius 3 is 2.43 bits per heavy atom. The van der Waals surface area contributed by atoms with Crippen molar-refractivity contribution in [1.29, 1.82) is 0 Å². The van der Waals surface area contributed by atoms with E-state index in [0.29, 0.717) is 0 Å². The first-order valence-corrected chi connectivity index (χ1v) is 14.0. The van der Waals surface area contributed by atoms with Crippen LogP contribution < -0.4 is 5.32 Å². The molecule has 4 rings (SSSR count). The van der Waals surface area contributed by atoms with E-state index in [1.807, 2.05) is 6.92 Å². The molecule has 1 saturated heterocycles. The van der Waals surface area contributed by atoms with E-state index >= 15 is 0 Å². The van der Waals surface area contributed by atoms with Crippen molar-refractivity contribution in [2.24, 2.45) is 0 Å². The molecule has 1 atom stereocenters. The molecule has 2 heterocycles. The first-order valence-electron chi connectivity index (χ1n) is 10.9. The number of benzene rings is 2. The van der Waals surface area contributed by atoms with Crippen molar-refractivity contribution in [1.82, 2.24) is 10.2 Å². The zero-order valence-corrected chi connectivity index (χ0v) is 20.5. The molecule has 2 aromatic rings. The van der Waals surface area contributed by atoms with Gasteiger partial charge in [-0.05, 0) is 44.0 Å². The lowest BCUT2D eigenvalue weighted by atomic mass is 10.0. The second-order valence-corrected chi connectivity index (χ2v) is 12.1. The van der Waals surface area contributed by atoms with Gasteiger partial charge in [0.05, 0.1) is 22.2 Å². The molecule has 3 amide bonds. The maximum Gasteiger partial charge on any atom is 0.296 e. The average Bonchev–Trinajstić information content (AvgIpc) is 3.13. The quantitative estimate of drug-likeness (QED) is 0.312. The number of rotatable bonds is 8. The number of carbonyl (C=O) groups is 3. The summed E-state index contributed by atoms with van der Waals surface area (Å²) < 4.78 is 55.7. The molecule has 2 aromatic carbocycles. The van der Waals surface area contributed by atoms with Gasteiger partial charge < -0.3 is 4.90 Å². The highest BCUT2D eigenvalue weighted by Gasteiger charge is 2.41. The van der Waals surface area contributed by atoms with Gasteiger partial charge in [0, 0.05) is 24.1 Å². The van der Waals surface area contributed by atoms with Gasteiger partial charge in [0.2, 0.25) is 11.8 Å². The van der Waals surface area contributed by atoms with Gasteiger partial charge in [0.25, 0.3) is 16.0 Å². The number of hydrogen-bond acceptors (Lipinski definition) is 8. The molecule has 1 fully saturated rings. The fourth-order valence-corrected chi connectivity index (χ4v) is 6.65. The van der Waals surface area contributed by atoms with Crippen molar-refractivity contribution in [2.75, 3.05) is 12.4 Å². The zero-order valence-electron chi connectivity index (χ0n) is 18.9. The molecular weight excluding hydrogens is 496 g/mol. The SMILES string of the molecule is Cc1ccc(S(=O)(=O)OCCCS(=O)(=O)c2cccc3c2CN(C2CCC(=O)NC2=O)C3=O)cc1. The Bertz CT molecular complexity index is 1400. The van der Waals surface area contributed by atoms with Crippen LogP contribution in [0.4, 0.5) is 0 Å². The van der Waals surface area contributed by atoms with E-state index < -0.39 is 43.7 Å². The van der Waals surface area contributed by atoms with Gasteiger partial charge in [0.15, 0.2) is 9.84 Å². The number of aryl methyl sites for hydroxylation is 1. The van der Waals surface area contributed by atoms with E-state index in [-0.39, 0.29) is 59.1 Å². The molecule has 0 aliphatic carbocycles. The molecule has 12 heteroatoms. The van der Waals surface area contributed by atoms with Gasteiger partial charge in [-0.2, -0.15) is 8.42 Å². The van der Waals surface area contributed by atoms with Crippen LogP contribution in [0.15, 0.2) is 52.3 Å². The van der Waals surface area contributed by atoms with Gasteiger partial charge >= 0.3 is 0 Å². The Kier molecular flexibility index (Phi) is 6.80. The summed E-state index contributed by atoms with van der Waals surface area (Å²) in [5, 5.41) is 2.21. The summed E-state index contributed by atoms with van der Waals surface area (Å²) in [4.78, 5) is 37.8. The number of nitrogens with zero attached hydrogens (tertiary/aromatic N) is 1. The number of nitrogens with one attached hydrogen (secondary N) is 1. The molecule has 0 bridgehead atoms. The monoisotopic (exact) mass is 520 g/mol. The van der Waals surface area contributed by atoms with Gasteiger partial charge in [-0.15, -0.1) is 0 Å². The Labute approximate surface area is 203 Å². The fourth-order valence-electron chi connectivity index (χ4n) is 4.15. The van der Waals surface area contributed by atoms with Gasteiger partial charge in [-0.25, -0.2) is 8.42 Å². The summed E-state index contributed by atoms with van der Waals surface area (Å²) in [6, 6.07) is 9.59. The van der Waals surface area contributed by atoms with Crippen LogP contribution in [0.25, 0.3) is 0 Å². The van der Waals surface area contributed by atoms with Gasteiger partial charge in [0.1, 0.15) is 6.04 Å². The maximum atomic E-state index is 13.1. The Hall–Kier alpha value is -3.09. The number of sulfone groups is 1. The summed E-state index contributed by atoms with van der Waals surface area (Å²) in [5.41, 5.74) is 1.37. The van der Waals surface area contributed by atoms with Crippen molar-refractivity contribution < 1.29 is 35.4 Å². The van der Waals surface area contributed by atoms with Crippen LogP contribution in [0.3, 0.4) is 0 Å². The lowest BCUT2D eigenvalue weighted by Crippen LogP contribution is -2.52. The fraction of sp³-hybridized carbons (Fsp3) is 0.348. The van der Waals surface area contributed by atoms with Crippen molar-refractivity contribution in [2.45, 2.75) is 48.6 Å². The smallest absolute Gasteiger partial charge is 0.296 e. The molecule has 0 radical (unpaired) electrons. The minimum atomic E-state index is -4.01. The molecule has 10 nitrogen and oxygen atoms in total. The third kappa shape index (κ3) is 5.14. The highest BCUT2D eigenvalue weighted by Crippen LogP contribution is 2.32. The topological polar surface area (TPSA) is 144 Å². The summed E-state index contributed by atoms with van der Waals surface area (Å²) in [6.45, 7) is 1.42. The Balaban J connectivity index is 1.44. The van der Waals surface area contributed by atoms with E-state index in [0.717, 1.165) is 5.56 Å². The number of carbonyl (C=O) groups excluding carboxylic acids is 3. The molecular formula is C23H24N2O8S2. The van der Waals surface area contributed by atoms with Crippen LogP contribution in [0.5, 0.6) is 0 Å². The third-order valence-electron chi connectivity index (χ3n) is 5.98. The highest BCUT2D eigenvalue weighted by molar-refractivity contribution is 7.91. The Morgan fingerprint density at radius 2 is 1.74 bits per heavy atom. The number of fused-ring (bicyclic) bond motifs is 1. The molecule has 1 N–H and O–H groups in total. The van der Waals surface area contributed by atoms with Crippen LogP contribution >= 0.6 is 0 Å².